The number of aromatic nitrogens is 2. The van der Waals surface area contributed by atoms with E-state index in [2.05, 4.69) is 10.3 Å². The maximum Gasteiger partial charge on any atom is 0.316 e. The molecule has 0 atom stereocenters. The van der Waals surface area contributed by atoms with Crippen LogP contribution in [0.1, 0.15) is 16.7 Å². The Morgan fingerprint density at radius 1 is 1.10 bits per heavy atom. The Bertz CT molecular complexity index is 1320. The molecule has 1 N–H and O–H groups in total. The molecule has 0 spiro atoms. The lowest BCUT2D eigenvalue weighted by molar-refractivity contribution is 0.402. The molecule has 10 heteroatoms. The lowest BCUT2D eigenvalue weighted by atomic mass is 10.1. The van der Waals surface area contributed by atoms with Crippen molar-refractivity contribution < 1.29 is 21.9 Å². The summed E-state index contributed by atoms with van der Waals surface area (Å²) in [6, 6.07) is 6.64. The van der Waals surface area contributed by atoms with Gasteiger partial charge < -0.3 is 14.6 Å². The van der Waals surface area contributed by atoms with E-state index in [9.17, 15) is 22.0 Å². The van der Waals surface area contributed by atoms with E-state index in [0.717, 1.165) is 24.0 Å². The number of halogens is 2. The van der Waals surface area contributed by atoms with Crippen LogP contribution in [0.15, 0.2) is 46.2 Å². The van der Waals surface area contributed by atoms with Crippen LogP contribution in [0, 0.1) is 25.5 Å². The highest BCUT2D eigenvalue weighted by Gasteiger charge is 2.16. The van der Waals surface area contributed by atoms with Crippen LogP contribution in [0.3, 0.4) is 0 Å². The Kier molecular flexibility index (Phi) is 6.12. The van der Waals surface area contributed by atoms with Crippen LogP contribution in [-0.2, 0) is 16.4 Å². The van der Waals surface area contributed by atoms with Gasteiger partial charge in [-0.1, -0.05) is 12.1 Å². The van der Waals surface area contributed by atoms with Crippen molar-refractivity contribution in [2.45, 2.75) is 25.3 Å². The fraction of sp³-hybridized carbons (Fsp3) is 0.238. The summed E-state index contributed by atoms with van der Waals surface area (Å²) in [5, 5.41) is 2.98. The number of benzene rings is 2. The normalized spacial score (nSPS) is 11.4. The van der Waals surface area contributed by atoms with Crippen LogP contribution < -0.4 is 15.6 Å². The van der Waals surface area contributed by atoms with Gasteiger partial charge >= 0.3 is 5.56 Å². The number of nitrogens with one attached hydrogen (secondary N) is 1. The molecule has 0 amide bonds. The number of anilines is 2. The topological polar surface area (TPSA) is 90.3 Å². The summed E-state index contributed by atoms with van der Waals surface area (Å²) in [6.07, 6.45) is 2.50. The van der Waals surface area contributed by atoms with E-state index in [1.54, 1.807) is 19.9 Å². The first-order valence-corrected chi connectivity index (χ1v) is 11.1. The number of hydrogen-bond acceptors (Lipinski definition) is 6. The van der Waals surface area contributed by atoms with Gasteiger partial charge in [0.2, 0.25) is 11.7 Å². The average molecular weight is 449 g/mol. The third-order valence-electron chi connectivity index (χ3n) is 4.69. The van der Waals surface area contributed by atoms with Crippen LogP contribution in [0.25, 0.3) is 0 Å². The van der Waals surface area contributed by atoms with E-state index in [1.165, 1.54) is 30.0 Å². The predicted molar refractivity (Wildman–Crippen MR) is 113 cm³/mol. The number of sulfone groups is 1. The van der Waals surface area contributed by atoms with Crippen molar-refractivity contribution in [3.63, 3.8) is 0 Å². The quantitative estimate of drug-likeness (QED) is 0.621. The van der Waals surface area contributed by atoms with E-state index in [4.69, 9.17) is 4.74 Å². The van der Waals surface area contributed by atoms with Crippen LogP contribution in [0.4, 0.5) is 20.4 Å². The van der Waals surface area contributed by atoms with Crippen molar-refractivity contribution >= 4 is 21.5 Å². The fourth-order valence-electron chi connectivity index (χ4n) is 3.16. The molecule has 164 valence electrons. The van der Waals surface area contributed by atoms with Crippen LogP contribution in [-0.4, -0.2) is 31.3 Å². The SMILES string of the molecule is COc1cn(Cc2ccc(F)c(F)c2)c(Nc2cc(S(C)(=O)=O)c(C)cc2C)nc1=O. The summed E-state index contributed by atoms with van der Waals surface area (Å²) in [5.41, 5.74) is 1.54. The molecular formula is C21H21F2N3O4S. The molecule has 0 saturated carbocycles. The van der Waals surface area contributed by atoms with E-state index in [-0.39, 0.29) is 23.1 Å². The van der Waals surface area contributed by atoms with Gasteiger partial charge in [-0.2, -0.15) is 4.98 Å². The minimum Gasteiger partial charge on any atom is -0.490 e. The number of nitrogens with zero attached hydrogens (tertiary/aromatic N) is 2. The first-order chi connectivity index (χ1) is 14.5. The zero-order valence-corrected chi connectivity index (χ0v) is 18.2. The molecule has 1 heterocycles. The minimum absolute atomic E-state index is 0.0365. The number of hydrogen-bond donors (Lipinski definition) is 1. The molecule has 0 fully saturated rings. The number of aryl methyl sites for hydroxylation is 2. The standard InChI is InChI=1S/C21H21F2N3O4S/c1-12-7-13(2)19(31(4,28)29)9-17(12)24-21-25-20(27)18(30-3)11-26(21)10-14-5-6-15(22)16(23)8-14/h5-9,11H,10H2,1-4H3,(H,24,25,27). The predicted octanol–water partition coefficient (Wildman–Crippen LogP) is 3.34. The monoisotopic (exact) mass is 449 g/mol. The maximum atomic E-state index is 13.6. The number of rotatable bonds is 6. The van der Waals surface area contributed by atoms with Gasteiger partial charge in [0.25, 0.3) is 0 Å². The Balaban J connectivity index is 2.10. The molecule has 7 nitrogen and oxygen atoms in total. The molecular weight excluding hydrogens is 428 g/mol. The second kappa shape index (κ2) is 8.46. The molecule has 0 radical (unpaired) electrons. The van der Waals surface area contributed by atoms with Gasteiger partial charge in [0.05, 0.1) is 24.7 Å². The van der Waals surface area contributed by atoms with Gasteiger partial charge in [0.1, 0.15) is 0 Å². The lowest BCUT2D eigenvalue weighted by Gasteiger charge is -2.17. The van der Waals surface area contributed by atoms with Crippen LogP contribution in [0.5, 0.6) is 5.75 Å². The van der Waals surface area contributed by atoms with Crippen molar-refractivity contribution in [3.05, 3.63) is 75.2 Å². The van der Waals surface area contributed by atoms with Crippen molar-refractivity contribution in [1.82, 2.24) is 9.55 Å². The molecule has 3 aromatic rings. The molecule has 1 aromatic heterocycles. The number of methoxy groups -OCH3 is 1. The number of ether oxygens (including phenoxy) is 1. The Hall–Kier alpha value is -3.27. The van der Waals surface area contributed by atoms with Gasteiger partial charge in [0.15, 0.2) is 21.5 Å². The largest absolute Gasteiger partial charge is 0.490 e. The molecule has 2 aromatic carbocycles. The third-order valence-corrected chi connectivity index (χ3v) is 5.93. The molecule has 0 aliphatic carbocycles. The summed E-state index contributed by atoms with van der Waals surface area (Å²) < 4.78 is 57.6. The van der Waals surface area contributed by atoms with Crippen LogP contribution >= 0.6 is 0 Å². The molecule has 31 heavy (non-hydrogen) atoms. The highest BCUT2D eigenvalue weighted by molar-refractivity contribution is 7.90. The minimum atomic E-state index is -3.48. The van der Waals surface area contributed by atoms with E-state index >= 15 is 0 Å². The highest BCUT2D eigenvalue weighted by Crippen LogP contribution is 2.27. The van der Waals surface area contributed by atoms with E-state index in [1.807, 2.05) is 0 Å². The third kappa shape index (κ3) is 4.91. The Labute approximate surface area is 178 Å². The molecule has 0 aliphatic rings. The highest BCUT2D eigenvalue weighted by atomic mass is 32.2. The fourth-order valence-corrected chi connectivity index (χ4v) is 4.13. The van der Waals surface area contributed by atoms with Crippen LogP contribution in [0.2, 0.25) is 0 Å². The second-order valence-electron chi connectivity index (χ2n) is 7.14. The molecule has 0 unspecified atom stereocenters. The first-order valence-electron chi connectivity index (χ1n) is 9.17. The van der Waals surface area contributed by atoms with Gasteiger partial charge in [-0.25, -0.2) is 17.2 Å². The molecule has 0 bridgehead atoms. The van der Waals surface area contributed by atoms with Crippen molar-refractivity contribution in [2.24, 2.45) is 0 Å². The van der Waals surface area contributed by atoms with Crippen molar-refractivity contribution in [2.75, 3.05) is 18.7 Å². The summed E-state index contributed by atoms with van der Waals surface area (Å²) >= 11 is 0. The molecule has 3 rings (SSSR count). The van der Waals surface area contributed by atoms with Crippen molar-refractivity contribution in [3.8, 4) is 5.75 Å². The van der Waals surface area contributed by atoms with Gasteiger partial charge in [-0.3, -0.25) is 4.79 Å². The summed E-state index contributed by atoms with van der Waals surface area (Å²) in [5.74, 6) is -1.92. The zero-order chi connectivity index (χ0) is 22.9. The Morgan fingerprint density at radius 2 is 1.81 bits per heavy atom. The zero-order valence-electron chi connectivity index (χ0n) is 17.4. The molecule has 0 aliphatic heterocycles. The van der Waals surface area contributed by atoms with Gasteiger partial charge in [0, 0.05) is 11.9 Å². The van der Waals surface area contributed by atoms with Gasteiger partial charge in [-0.15, -0.1) is 0 Å². The summed E-state index contributed by atoms with van der Waals surface area (Å²) in [7, 11) is -2.16. The van der Waals surface area contributed by atoms with E-state index in [0.29, 0.717) is 16.8 Å². The average Bonchev–Trinajstić information content (AvgIpc) is 2.67. The Morgan fingerprint density at radius 3 is 2.42 bits per heavy atom. The smallest absolute Gasteiger partial charge is 0.316 e. The molecule has 0 saturated heterocycles. The van der Waals surface area contributed by atoms with E-state index < -0.39 is 27.0 Å². The second-order valence-corrected chi connectivity index (χ2v) is 9.13. The van der Waals surface area contributed by atoms with Crippen molar-refractivity contribution in [1.29, 1.82) is 0 Å². The maximum absolute atomic E-state index is 13.6. The first kappa shape index (κ1) is 22.4. The summed E-state index contributed by atoms with van der Waals surface area (Å²) in [6.45, 7) is 3.52. The lowest BCUT2D eigenvalue weighted by Crippen LogP contribution is -2.19. The summed E-state index contributed by atoms with van der Waals surface area (Å²) in [4.78, 5) is 16.4. The van der Waals surface area contributed by atoms with Gasteiger partial charge in [-0.05, 0) is 48.7 Å².